The van der Waals surface area contributed by atoms with Crippen molar-refractivity contribution in [3.63, 3.8) is 0 Å². The average Bonchev–Trinajstić information content (AvgIpc) is 2.26. The molecule has 0 spiro atoms. The van der Waals surface area contributed by atoms with E-state index in [0.29, 0.717) is 10.5 Å². The van der Waals surface area contributed by atoms with Crippen LogP contribution in [0.25, 0.3) is 0 Å². The highest BCUT2D eigenvalue weighted by atomic mass is 35.5. The van der Waals surface area contributed by atoms with Crippen molar-refractivity contribution in [2.75, 3.05) is 6.26 Å². The van der Waals surface area contributed by atoms with Gasteiger partial charge in [0.2, 0.25) is 0 Å². The molecule has 1 N–H and O–H groups in total. The summed E-state index contributed by atoms with van der Waals surface area (Å²) in [6, 6.07) is 4.59. The number of carbonyl (C=O) groups excluding carboxylic acids is 1. The summed E-state index contributed by atoms with van der Waals surface area (Å²) in [5, 5.41) is 8.33. The van der Waals surface area contributed by atoms with Crippen molar-refractivity contribution < 1.29 is 14.7 Å². The Kier molecular flexibility index (Phi) is 4.38. The molecule has 0 aliphatic rings. The van der Waals surface area contributed by atoms with E-state index in [-0.39, 0.29) is 11.3 Å². The van der Waals surface area contributed by atoms with Crippen LogP contribution in [-0.2, 0) is 0 Å². The molecule has 16 heavy (non-hydrogen) atoms. The number of hydrogen-bond donors (Lipinski definition) is 1. The minimum Gasteiger partial charge on any atom is -0.478 e. The van der Waals surface area contributed by atoms with Gasteiger partial charge < -0.3 is 5.11 Å². The molecular formula is C11H11ClO3S. The van der Waals surface area contributed by atoms with Crippen LogP contribution in [0.5, 0.6) is 0 Å². The largest absolute Gasteiger partial charge is 0.478 e. The molecule has 0 heterocycles. The van der Waals surface area contributed by atoms with E-state index in [4.69, 9.17) is 16.7 Å². The van der Waals surface area contributed by atoms with Gasteiger partial charge in [0.05, 0.1) is 10.9 Å². The Bertz CT molecular complexity index is 429. The molecule has 0 fully saturated rings. The summed E-state index contributed by atoms with van der Waals surface area (Å²) in [5.74, 6) is -1.31. The minimum absolute atomic E-state index is 0.135. The summed E-state index contributed by atoms with van der Waals surface area (Å²) in [7, 11) is 0. The fourth-order valence-corrected chi connectivity index (χ4v) is 1.95. The van der Waals surface area contributed by atoms with Crippen LogP contribution in [-0.4, -0.2) is 28.5 Å². The van der Waals surface area contributed by atoms with Crippen molar-refractivity contribution in [1.29, 1.82) is 0 Å². The Morgan fingerprint density at radius 3 is 2.50 bits per heavy atom. The molecule has 1 unspecified atom stereocenters. The van der Waals surface area contributed by atoms with Crippen LogP contribution >= 0.6 is 23.4 Å². The molecular weight excluding hydrogens is 248 g/mol. The van der Waals surface area contributed by atoms with Gasteiger partial charge in [-0.25, -0.2) is 4.79 Å². The van der Waals surface area contributed by atoms with Gasteiger partial charge in [0.25, 0.3) is 0 Å². The second-order valence-corrected chi connectivity index (χ2v) is 4.70. The van der Waals surface area contributed by atoms with Crippen molar-refractivity contribution in [2.45, 2.75) is 17.2 Å². The summed E-state index contributed by atoms with van der Waals surface area (Å²) in [4.78, 5) is 23.2. The van der Waals surface area contributed by atoms with Crippen molar-refractivity contribution in [3.8, 4) is 0 Å². The smallest absolute Gasteiger partial charge is 0.336 e. The van der Waals surface area contributed by atoms with Crippen LogP contribution in [0.1, 0.15) is 27.6 Å². The summed E-state index contributed by atoms with van der Waals surface area (Å²) in [5.41, 5.74) is 0.466. The number of thioether (sulfide) groups is 1. The molecule has 0 radical (unpaired) electrons. The van der Waals surface area contributed by atoms with E-state index < -0.39 is 11.3 Å². The van der Waals surface area contributed by atoms with Gasteiger partial charge in [-0.3, -0.25) is 4.79 Å². The van der Waals surface area contributed by atoms with Gasteiger partial charge in [0.15, 0.2) is 5.78 Å². The number of benzene rings is 1. The third-order valence-corrected chi connectivity index (χ3v) is 3.07. The van der Waals surface area contributed by atoms with Gasteiger partial charge in [0, 0.05) is 10.5 Å². The zero-order chi connectivity index (χ0) is 12.3. The predicted octanol–water partition coefficient (Wildman–Crippen LogP) is 2.92. The number of aromatic carboxylic acids is 1. The molecule has 86 valence electrons. The maximum absolute atomic E-state index is 11.6. The van der Waals surface area contributed by atoms with Crippen molar-refractivity contribution >= 4 is 35.1 Å². The number of carboxylic acid groups (broad SMARTS) is 1. The van der Waals surface area contributed by atoms with Gasteiger partial charge in [-0.1, -0.05) is 6.07 Å². The summed E-state index contributed by atoms with van der Waals surface area (Å²) < 4.78 is 0. The molecule has 3 nitrogen and oxygen atoms in total. The van der Waals surface area contributed by atoms with E-state index in [2.05, 4.69) is 0 Å². The van der Waals surface area contributed by atoms with Crippen LogP contribution in [0, 0.1) is 0 Å². The number of carbonyl (C=O) groups is 2. The highest BCUT2D eigenvalue weighted by Crippen LogP contribution is 2.22. The van der Waals surface area contributed by atoms with Crippen LogP contribution in [0.2, 0.25) is 0 Å². The Labute approximate surface area is 103 Å². The van der Waals surface area contributed by atoms with E-state index in [9.17, 15) is 9.59 Å². The van der Waals surface area contributed by atoms with E-state index in [0.717, 1.165) is 0 Å². The molecule has 0 aromatic heterocycles. The molecule has 1 rings (SSSR count). The molecule has 0 saturated heterocycles. The SMILES string of the molecule is CSc1ccc(C(=O)C(C)Cl)cc1C(=O)O. The van der Waals surface area contributed by atoms with Crippen LogP contribution in [0.4, 0.5) is 0 Å². The average molecular weight is 259 g/mol. The van der Waals surface area contributed by atoms with E-state index in [1.165, 1.54) is 17.8 Å². The van der Waals surface area contributed by atoms with Gasteiger partial charge >= 0.3 is 5.97 Å². The summed E-state index contributed by atoms with van der Waals surface area (Å²) in [6.07, 6.45) is 1.79. The van der Waals surface area contributed by atoms with Gasteiger partial charge in [0.1, 0.15) is 0 Å². The molecule has 0 aliphatic carbocycles. The third-order valence-electron chi connectivity index (χ3n) is 2.08. The quantitative estimate of drug-likeness (QED) is 0.513. The fourth-order valence-electron chi connectivity index (χ4n) is 1.26. The highest BCUT2D eigenvalue weighted by Gasteiger charge is 2.16. The standard InChI is InChI=1S/C11H11ClO3S/c1-6(12)10(13)7-3-4-9(16-2)8(5-7)11(14)15/h3-6H,1-2H3,(H,14,15). The number of hydrogen-bond acceptors (Lipinski definition) is 3. The number of halogens is 1. The van der Waals surface area contributed by atoms with Crippen molar-refractivity contribution in [1.82, 2.24) is 0 Å². The first kappa shape index (κ1) is 13.1. The van der Waals surface area contributed by atoms with Crippen molar-refractivity contribution in [2.24, 2.45) is 0 Å². The lowest BCUT2D eigenvalue weighted by Crippen LogP contribution is -2.12. The Balaban J connectivity index is 3.22. The first-order valence-electron chi connectivity index (χ1n) is 4.57. The maximum Gasteiger partial charge on any atom is 0.336 e. The molecule has 0 amide bonds. The molecule has 1 atom stereocenters. The van der Waals surface area contributed by atoms with Gasteiger partial charge in [-0.15, -0.1) is 23.4 Å². The summed E-state index contributed by atoms with van der Waals surface area (Å²) >= 11 is 6.99. The fraction of sp³-hybridized carbons (Fsp3) is 0.273. The van der Waals surface area contributed by atoms with Crippen LogP contribution < -0.4 is 0 Å². The lowest BCUT2D eigenvalue weighted by atomic mass is 10.1. The number of alkyl halides is 1. The third kappa shape index (κ3) is 2.77. The zero-order valence-corrected chi connectivity index (χ0v) is 10.4. The Morgan fingerprint density at radius 2 is 2.06 bits per heavy atom. The Hall–Kier alpha value is -1.00. The lowest BCUT2D eigenvalue weighted by Gasteiger charge is -2.07. The second kappa shape index (κ2) is 5.37. The molecule has 1 aromatic carbocycles. The maximum atomic E-state index is 11.6. The Morgan fingerprint density at radius 1 is 1.44 bits per heavy atom. The predicted molar refractivity (Wildman–Crippen MR) is 64.8 cm³/mol. The van der Waals surface area contributed by atoms with Gasteiger partial charge in [-0.05, 0) is 25.3 Å². The number of ketones is 1. The molecule has 0 bridgehead atoms. The first-order chi connectivity index (χ1) is 7.47. The number of rotatable bonds is 4. The van der Waals surface area contributed by atoms with E-state index in [1.807, 2.05) is 0 Å². The monoisotopic (exact) mass is 258 g/mol. The van der Waals surface area contributed by atoms with Gasteiger partial charge in [-0.2, -0.15) is 0 Å². The van der Waals surface area contributed by atoms with Crippen LogP contribution in [0.15, 0.2) is 23.1 Å². The topological polar surface area (TPSA) is 54.4 Å². The first-order valence-corrected chi connectivity index (χ1v) is 6.23. The minimum atomic E-state index is -1.04. The molecule has 1 aromatic rings. The summed E-state index contributed by atoms with van der Waals surface area (Å²) in [6.45, 7) is 1.56. The van der Waals surface area contributed by atoms with Crippen molar-refractivity contribution in [3.05, 3.63) is 29.3 Å². The molecule has 5 heteroatoms. The second-order valence-electron chi connectivity index (χ2n) is 3.20. The van der Waals surface area contributed by atoms with Crippen LogP contribution in [0.3, 0.4) is 0 Å². The number of carboxylic acids is 1. The molecule has 0 saturated carbocycles. The van der Waals surface area contributed by atoms with E-state index in [1.54, 1.807) is 25.3 Å². The normalized spacial score (nSPS) is 12.2. The molecule has 0 aliphatic heterocycles. The number of Topliss-reactive ketones (excluding diaryl/α,β-unsaturated/α-hetero) is 1. The lowest BCUT2D eigenvalue weighted by molar-refractivity contribution is 0.0693. The van der Waals surface area contributed by atoms with E-state index >= 15 is 0 Å². The zero-order valence-electron chi connectivity index (χ0n) is 8.86. The highest BCUT2D eigenvalue weighted by molar-refractivity contribution is 7.98.